The molecule has 0 saturated carbocycles. The highest BCUT2D eigenvalue weighted by atomic mass is 15.3. The maximum atomic E-state index is 4.29. The van der Waals surface area contributed by atoms with Crippen LogP contribution in [0.2, 0.25) is 0 Å². The number of hydrogen-bond acceptors (Lipinski definition) is 2. The highest BCUT2D eigenvalue weighted by Gasteiger charge is 2.09. The monoisotopic (exact) mass is 198 g/mol. The summed E-state index contributed by atoms with van der Waals surface area (Å²) >= 11 is 0. The Morgan fingerprint density at radius 1 is 1.13 bits per heavy atom. The Labute approximate surface area is 90.0 Å². The van der Waals surface area contributed by atoms with Crippen LogP contribution in [-0.2, 0) is 0 Å². The zero-order valence-electron chi connectivity index (χ0n) is 9.04. The summed E-state index contributed by atoms with van der Waals surface area (Å²) in [5, 5.41) is 4.29. The van der Waals surface area contributed by atoms with Crippen LogP contribution >= 0.6 is 0 Å². The summed E-state index contributed by atoms with van der Waals surface area (Å²) < 4.78 is 0. The van der Waals surface area contributed by atoms with Crippen molar-refractivity contribution < 1.29 is 0 Å². The molecule has 2 heteroatoms. The van der Waals surface area contributed by atoms with Gasteiger partial charge in [-0.2, -0.15) is 5.10 Å². The lowest BCUT2D eigenvalue weighted by Crippen LogP contribution is -2.16. The Morgan fingerprint density at radius 2 is 1.80 bits per heavy atom. The zero-order chi connectivity index (χ0) is 10.8. The van der Waals surface area contributed by atoms with Crippen molar-refractivity contribution in [1.82, 2.24) is 5.43 Å². The van der Waals surface area contributed by atoms with Crippen LogP contribution < -0.4 is 5.43 Å². The normalized spacial score (nSPS) is 15.5. The van der Waals surface area contributed by atoms with Gasteiger partial charge < -0.3 is 0 Å². The molecule has 0 unspecified atom stereocenters. The second-order valence-electron chi connectivity index (χ2n) is 3.79. The summed E-state index contributed by atoms with van der Waals surface area (Å²) in [7, 11) is 0. The minimum absolute atomic E-state index is 0.836. The third kappa shape index (κ3) is 1.99. The van der Waals surface area contributed by atoms with Crippen molar-refractivity contribution in [2.45, 2.75) is 13.8 Å². The van der Waals surface area contributed by atoms with Crippen molar-refractivity contribution >= 4 is 5.71 Å². The molecule has 1 N–H and O–H groups in total. The molecule has 0 saturated heterocycles. The Hall–Kier alpha value is -1.83. The van der Waals surface area contributed by atoms with Crippen LogP contribution in [0, 0.1) is 6.92 Å². The number of aryl methyl sites for hydroxylation is 1. The van der Waals surface area contributed by atoms with E-state index in [9.17, 15) is 0 Å². The first kappa shape index (κ1) is 9.71. The molecule has 1 aromatic rings. The standard InChI is InChI=1S/C13H14N2/c1-9-4-6-12(7-5-9)13-10(2)8-11(3)14-15-13/h4-8,14H,3H2,1-2H3. The van der Waals surface area contributed by atoms with Gasteiger partial charge in [0.2, 0.25) is 0 Å². The molecule has 2 rings (SSSR count). The van der Waals surface area contributed by atoms with E-state index in [1.165, 1.54) is 5.56 Å². The summed E-state index contributed by atoms with van der Waals surface area (Å²) in [6.45, 7) is 7.94. The molecule has 1 aliphatic rings. The van der Waals surface area contributed by atoms with Crippen molar-refractivity contribution in [3.8, 4) is 0 Å². The van der Waals surface area contributed by atoms with E-state index in [1.54, 1.807) is 0 Å². The Bertz CT molecular complexity index is 450. The minimum Gasteiger partial charge on any atom is -0.279 e. The second kappa shape index (κ2) is 3.73. The number of rotatable bonds is 1. The van der Waals surface area contributed by atoms with Gasteiger partial charge in [0.05, 0.1) is 5.71 Å². The first-order valence-electron chi connectivity index (χ1n) is 4.95. The van der Waals surface area contributed by atoms with Crippen molar-refractivity contribution in [2.75, 3.05) is 0 Å². The van der Waals surface area contributed by atoms with Crippen LogP contribution in [0.4, 0.5) is 0 Å². The molecule has 0 aromatic heterocycles. The summed E-state index contributed by atoms with van der Waals surface area (Å²) in [6.07, 6.45) is 2.00. The predicted molar refractivity (Wildman–Crippen MR) is 63.7 cm³/mol. The van der Waals surface area contributed by atoms with Crippen molar-refractivity contribution in [2.24, 2.45) is 5.10 Å². The maximum absolute atomic E-state index is 4.29. The van der Waals surface area contributed by atoms with Crippen LogP contribution in [-0.4, -0.2) is 5.71 Å². The van der Waals surface area contributed by atoms with Gasteiger partial charge in [0.15, 0.2) is 0 Å². The molecule has 0 atom stereocenters. The van der Waals surface area contributed by atoms with Gasteiger partial charge in [-0.15, -0.1) is 0 Å². The van der Waals surface area contributed by atoms with Gasteiger partial charge in [-0.1, -0.05) is 36.4 Å². The molecule has 0 fully saturated rings. The maximum Gasteiger partial charge on any atom is 0.0935 e. The third-order valence-corrected chi connectivity index (χ3v) is 2.40. The predicted octanol–water partition coefficient (Wildman–Crippen LogP) is 2.76. The molecule has 1 heterocycles. The Balaban J connectivity index is 2.37. The average Bonchev–Trinajstić information content (AvgIpc) is 2.20. The molecule has 1 aliphatic heterocycles. The summed E-state index contributed by atoms with van der Waals surface area (Å²) in [6, 6.07) is 8.35. The molecule has 1 aromatic carbocycles. The highest BCUT2D eigenvalue weighted by molar-refractivity contribution is 6.12. The third-order valence-electron chi connectivity index (χ3n) is 2.40. The van der Waals surface area contributed by atoms with Crippen molar-refractivity contribution in [1.29, 1.82) is 0 Å². The molecule has 0 amide bonds. The van der Waals surface area contributed by atoms with Crippen molar-refractivity contribution in [3.63, 3.8) is 0 Å². The molecule has 0 bridgehead atoms. The molecule has 76 valence electrons. The second-order valence-corrected chi connectivity index (χ2v) is 3.79. The van der Waals surface area contributed by atoms with Crippen LogP contribution in [0.1, 0.15) is 18.1 Å². The van der Waals surface area contributed by atoms with E-state index in [-0.39, 0.29) is 0 Å². The molecular formula is C13H14N2. The summed E-state index contributed by atoms with van der Waals surface area (Å²) in [5.41, 5.74) is 8.25. The van der Waals surface area contributed by atoms with E-state index < -0.39 is 0 Å². The van der Waals surface area contributed by atoms with E-state index in [1.807, 2.05) is 13.0 Å². The lowest BCUT2D eigenvalue weighted by Gasteiger charge is -2.14. The first-order chi connectivity index (χ1) is 7.16. The van der Waals surface area contributed by atoms with Crippen LogP contribution in [0.15, 0.2) is 53.3 Å². The van der Waals surface area contributed by atoms with Gasteiger partial charge in [-0.05, 0) is 25.5 Å². The van der Waals surface area contributed by atoms with Gasteiger partial charge in [0.1, 0.15) is 0 Å². The SMILES string of the molecule is C=C1C=C(C)C(c2ccc(C)cc2)=NN1. The molecule has 2 nitrogen and oxygen atoms in total. The Morgan fingerprint density at radius 3 is 2.40 bits per heavy atom. The smallest absolute Gasteiger partial charge is 0.0935 e. The molecule has 0 radical (unpaired) electrons. The van der Waals surface area contributed by atoms with Crippen LogP contribution in [0.25, 0.3) is 0 Å². The van der Waals surface area contributed by atoms with Gasteiger partial charge in [0, 0.05) is 11.3 Å². The topological polar surface area (TPSA) is 24.4 Å². The van der Waals surface area contributed by atoms with E-state index >= 15 is 0 Å². The van der Waals surface area contributed by atoms with Crippen molar-refractivity contribution in [3.05, 3.63) is 59.3 Å². The van der Waals surface area contributed by atoms with E-state index in [0.717, 1.165) is 22.5 Å². The number of hydrogen-bond donors (Lipinski definition) is 1. The zero-order valence-corrected chi connectivity index (χ0v) is 9.04. The fraction of sp³-hybridized carbons (Fsp3) is 0.154. The number of benzene rings is 1. The molecule has 15 heavy (non-hydrogen) atoms. The van der Waals surface area contributed by atoms with E-state index in [0.29, 0.717) is 0 Å². The molecule has 0 spiro atoms. The van der Waals surface area contributed by atoms with E-state index in [4.69, 9.17) is 0 Å². The summed E-state index contributed by atoms with van der Waals surface area (Å²) in [4.78, 5) is 0. The van der Waals surface area contributed by atoms with Gasteiger partial charge in [0.25, 0.3) is 0 Å². The first-order valence-corrected chi connectivity index (χ1v) is 4.95. The fourth-order valence-corrected chi connectivity index (χ4v) is 1.58. The fourth-order valence-electron chi connectivity index (χ4n) is 1.58. The molecular weight excluding hydrogens is 184 g/mol. The minimum atomic E-state index is 0.836. The number of hydrazone groups is 1. The van der Waals surface area contributed by atoms with Crippen LogP contribution in [0.3, 0.4) is 0 Å². The van der Waals surface area contributed by atoms with Gasteiger partial charge in [-0.25, -0.2) is 0 Å². The van der Waals surface area contributed by atoms with Gasteiger partial charge in [-0.3, -0.25) is 5.43 Å². The lowest BCUT2D eigenvalue weighted by molar-refractivity contribution is 0.906. The van der Waals surface area contributed by atoms with E-state index in [2.05, 4.69) is 48.3 Å². The largest absolute Gasteiger partial charge is 0.279 e. The quantitative estimate of drug-likeness (QED) is 0.737. The highest BCUT2D eigenvalue weighted by Crippen LogP contribution is 2.14. The Kier molecular flexibility index (Phi) is 2.42. The number of nitrogens with zero attached hydrogens (tertiary/aromatic N) is 1. The number of nitrogens with one attached hydrogen (secondary N) is 1. The number of allylic oxidation sites excluding steroid dienone is 2. The van der Waals surface area contributed by atoms with Gasteiger partial charge >= 0.3 is 0 Å². The average molecular weight is 198 g/mol. The summed E-state index contributed by atoms with van der Waals surface area (Å²) in [5.74, 6) is 0. The van der Waals surface area contributed by atoms with Crippen LogP contribution in [0.5, 0.6) is 0 Å². The molecule has 0 aliphatic carbocycles. The lowest BCUT2D eigenvalue weighted by atomic mass is 10.0.